The number of benzene rings is 1. The summed E-state index contributed by atoms with van der Waals surface area (Å²) in [6.07, 6.45) is 6.37. The number of nitrogens with one attached hydrogen (secondary N) is 1. The molecule has 4 nitrogen and oxygen atoms in total. The highest BCUT2D eigenvalue weighted by Crippen LogP contribution is 2.66. The summed E-state index contributed by atoms with van der Waals surface area (Å²) in [6, 6.07) is 3.49. The van der Waals surface area contributed by atoms with Gasteiger partial charge in [-0.25, -0.2) is 5.43 Å². The molecule has 2 saturated carbocycles. The molecule has 1 aromatic carbocycles. The molecule has 0 bridgehead atoms. The van der Waals surface area contributed by atoms with Crippen molar-refractivity contribution in [3.63, 3.8) is 0 Å². The monoisotopic (exact) mass is 428 g/mol. The van der Waals surface area contributed by atoms with Gasteiger partial charge in [0.25, 0.3) is 0 Å². The van der Waals surface area contributed by atoms with Gasteiger partial charge in [0.05, 0.1) is 15.2 Å². The van der Waals surface area contributed by atoms with Crippen molar-refractivity contribution in [1.82, 2.24) is 5.43 Å². The molecule has 0 saturated heterocycles. The van der Waals surface area contributed by atoms with Crippen molar-refractivity contribution < 1.29 is 9.90 Å². The van der Waals surface area contributed by atoms with Crippen LogP contribution in [0.1, 0.15) is 38.2 Å². The maximum atomic E-state index is 12.3. The molecule has 3 atom stereocenters. The molecule has 2 fully saturated rings. The lowest BCUT2D eigenvalue weighted by Gasteiger charge is -2.15. The highest BCUT2D eigenvalue weighted by atomic mass is 79.9. The number of hydrazone groups is 1. The SMILES string of the molecule is CC12CCCCC1C2C(=O)NN=Cc1cc(Br)c(O)c(Br)c1. The van der Waals surface area contributed by atoms with Crippen molar-refractivity contribution in [3.8, 4) is 5.75 Å². The smallest absolute Gasteiger partial charge is 0.244 e. The topological polar surface area (TPSA) is 61.7 Å². The summed E-state index contributed by atoms with van der Waals surface area (Å²) in [6.45, 7) is 2.22. The van der Waals surface area contributed by atoms with Crippen LogP contribution < -0.4 is 5.43 Å². The zero-order chi connectivity index (χ0) is 15.9. The molecular formula is C16H18Br2N2O2. The van der Waals surface area contributed by atoms with Crippen LogP contribution >= 0.6 is 31.9 Å². The lowest BCUT2D eigenvalue weighted by atomic mass is 9.90. The second kappa shape index (κ2) is 5.96. The predicted octanol–water partition coefficient (Wildman–Crippen LogP) is 4.19. The molecule has 6 heteroatoms. The molecule has 2 aliphatic carbocycles. The Morgan fingerprint density at radius 3 is 2.68 bits per heavy atom. The molecule has 3 unspecified atom stereocenters. The summed E-state index contributed by atoms with van der Waals surface area (Å²) in [5.74, 6) is 0.831. The minimum absolute atomic E-state index is 0.0301. The largest absolute Gasteiger partial charge is 0.506 e. The molecule has 0 heterocycles. The van der Waals surface area contributed by atoms with E-state index in [-0.39, 0.29) is 23.0 Å². The molecular weight excluding hydrogens is 412 g/mol. The van der Waals surface area contributed by atoms with Crippen molar-refractivity contribution in [2.75, 3.05) is 0 Å². The zero-order valence-corrected chi connectivity index (χ0v) is 15.4. The van der Waals surface area contributed by atoms with Gasteiger partial charge in [-0.15, -0.1) is 0 Å². The molecule has 118 valence electrons. The number of hydrogen-bond acceptors (Lipinski definition) is 3. The first-order chi connectivity index (χ1) is 10.4. The quantitative estimate of drug-likeness (QED) is 0.558. The number of aromatic hydroxyl groups is 1. The van der Waals surface area contributed by atoms with Gasteiger partial charge in [-0.05, 0) is 73.7 Å². The molecule has 2 N–H and O–H groups in total. The van der Waals surface area contributed by atoms with Crippen LogP contribution in [-0.4, -0.2) is 17.2 Å². The van der Waals surface area contributed by atoms with Crippen molar-refractivity contribution >= 4 is 44.0 Å². The van der Waals surface area contributed by atoms with E-state index in [0.29, 0.717) is 14.9 Å². The maximum Gasteiger partial charge on any atom is 0.244 e. The minimum Gasteiger partial charge on any atom is -0.506 e. The van der Waals surface area contributed by atoms with Crippen LogP contribution in [0.15, 0.2) is 26.2 Å². The Balaban J connectivity index is 1.62. The lowest BCUT2D eigenvalue weighted by molar-refractivity contribution is -0.123. The van der Waals surface area contributed by atoms with E-state index in [0.717, 1.165) is 18.4 Å². The Hall–Kier alpha value is -0.880. The molecule has 22 heavy (non-hydrogen) atoms. The van der Waals surface area contributed by atoms with Gasteiger partial charge >= 0.3 is 0 Å². The molecule has 0 spiro atoms. The van der Waals surface area contributed by atoms with Gasteiger partial charge in [-0.3, -0.25) is 4.79 Å². The Labute approximate surface area is 146 Å². The van der Waals surface area contributed by atoms with Crippen LogP contribution in [-0.2, 0) is 4.79 Å². The Morgan fingerprint density at radius 1 is 1.41 bits per heavy atom. The van der Waals surface area contributed by atoms with Crippen molar-refractivity contribution in [3.05, 3.63) is 26.6 Å². The van der Waals surface area contributed by atoms with E-state index < -0.39 is 0 Å². The molecule has 3 rings (SSSR count). The Morgan fingerprint density at radius 2 is 2.09 bits per heavy atom. The fourth-order valence-electron chi connectivity index (χ4n) is 3.75. The average molecular weight is 430 g/mol. The lowest BCUT2D eigenvalue weighted by Crippen LogP contribution is -2.22. The first kappa shape index (κ1) is 16.0. The van der Waals surface area contributed by atoms with E-state index in [2.05, 4.69) is 49.3 Å². The van der Waals surface area contributed by atoms with Crippen LogP contribution in [0.3, 0.4) is 0 Å². The number of halogens is 2. The van der Waals surface area contributed by atoms with Gasteiger partial charge in [0.2, 0.25) is 5.91 Å². The van der Waals surface area contributed by atoms with Gasteiger partial charge in [-0.1, -0.05) is 19.8 Å². The van der Waals surface area contributed by atoms with Gasteiger partial charge in [0, 0.05) is 5.92 Å². The van der Waals surface area contributed by atoms with Gasteiger partial charge in [-0.2, -0.15) is 5.10 Å². The summed E-state index contributed by atoms with van der Waals surface area (Å²) in [4.78, 5) is 12.3. The van der Waals surface area contributed by atoms with E-state index in [1.807, 2.05) is 0 Å². The van der Waals surface area contributed by atoms with Crippen molar-refractivity contribution in [2.45, 2.75) is 32.6 Å². The third kappa shape index (κ3) is 2.83. The highest BCUT2D eigenvalue weighted by molar-refractivity contribution is 9.11. The van der Waals surface area contributed by atoms with Gasteiger partial charge in [0.15, 0.2) is 0 Å². The third-order valence-electron chi connectivity index (χ3n) is 5.04. The molecule has 1 amide bonds. The van der Waals surface area contributed by atoms with E-state index in [1.165, 1.54) is 12.8 Å². The second-order valence-electron chi connectivity index (χ2n) is 6.40. The van der Waals surface area contributed by atoms with Crippen LogP contribution in [0.5, 0.6) is 5.75 Å². The Bertz CT molecular complexity index is 624. The fraction of sp³-hybridized carbons (Fsp3) is 0.500. The standard InChI is InChI=1S/C16H18Br2N2O2/c1-16-5-3-2-4-10(16)13(16)15(22)20-19-8-9-6-11(17)14(21)12(18)7-9/h6-8,10,13,21H,2-5H2,1H3,(H,20,22). The number of hydrogen-bond donors (Lipinski definition) is 2. The van der Waals surface area contributed by atoms with Gasteiger partial charge in [0.1, 0.15) is 5.75 Å². The summed E-state index contributed by atoms with van der Waals surface area (Å²) < 4.78 is 1.16. The van der Waals surface area contributed by atoms with Crippen LogP contribution in [0.2, 0.25) is 0 Å². The van der Waals surface area contributed by atoms with Crippen molar-refractivity contribution in [1.29, 1.82) is 0 Å². The number of phenolic OH excluding ortho intramolecular Hbond substituents is 1. The van der Waals surface area contributed by atoms with E-state index in [9.17, 15) is 9.90 Å². The number of carbonyl (C=O) groups is 1. The number of rotatable bonds is 3. The number of phenols is 1. The highest BCUT2D eigenvalue weighted by Gasteiger charge is 2.64. The molecule has 0 aliphatic heterocycles. The fourth-order valence-corrected chi connectivity index (χ4v) is 4.97. The number of nitrogens with zero attached hydrogens (tertiary/aromatic N) is 1. The minimum atomic E-state index is 0.0301. The van der Waals surface area contributed by atoms with Crippen molar-refractivity contribution in [2.24, 2.45) is 22.4 Å². The summed E-state index contributed by atoms with van der Waals surface area (Å²) in [5, 5.41) is 13.7. The molecule has 0 radical (unpaired) electrons. The van der Waals surface area contributed by atoms with Gasteiger partial charge < -0.3 is 5.11 Å². The summed E-state index contributed by atoms with van der Waals surface area (Å²) in [7, 11) is 0. The van der Waals surface area contributed by atoms with E-state index in [1.54, 1.807) is 18.3 Å². The van der Waals surface area contributed by atoms with Crippen LogP contribution in [0.4, 0.5) is 0 Å². The number of fused-ring (bicyclic) bond motifs is 1. The Kier molecular flexibility index (Phi) is 4.34. The average Bonchev–Trinajstić information content (AvgIpc) is 3.10. The van der Waals surface area contributed by atoms with Crippen LogP contribution in [0, 0.1) is 17.3 Å². The summed E-state index contributed by atoms with van der Waals surface area (Å²) >= 11 is 6.54. The van der Waals surface area contributed by atoms with E-state index >= 15 is 0 Å². The number of amides is 1. The first-order valence-corrected chi connectivity index (χ1v) is 9.03. The first-order valence-electron chi connectivity index (χ1n) is 7.44. The summed E-state index contributed by atoms with van der Waals surface area (Å²) in [5.41, 5.74) is 3.65. The second-order valence-corrected chi connectivity index (χ2v) is 8.11. The predicted molar refractivity (Wildman–Crippen MR) is 92.8 cm³/mol. The number of carbonyl (C=O) groups excluding carboxylic acids is 1. The maximum absolute atomic E-state index is 12.3. The van der Waals surface area contributed by atoms with Crippen LogP contribution in [0.25, 0.3) is 0 Å². The normalized spacial score (nSPS) is 30.1. The zero-order valence-electron chi connectivity index (χ0n) is 12.3. The molecule has 2 aliphatic rings. The molecule has 1 aromatic rings. The molecule has 0 aromatic heterocycles. The van der Waals surface area contributed by atoms with E-state index in [4.69, 9.17) is 0 Å². The third-order valence-corrected chi connectivity index (χ3v) is 6.25.